The van der Waals surface area contributed by atoms with E-state index in [-0.39, 0.29) is 6.04 Å². The van der Waals surface area contributed by atoms with Crippen molar-refractivity contribution in [1.82, 2.24) is 20.0 Å². The minimum atomic E-state index is 0.179. The fourth-order valence-electron chi connectivity index (χ4n) is 4.11. The maximum atomic E-state index is 5.65. The van der Waals surface area contributed by atoms with Crippen LogP contribution in [0, 0.1) is 20.8 Å². The van der Waals surface area contributed by atoms with Gasteiger partial charge in [-0.1, -0.05) is 11.2 Å². The Hall–Kier alpha value is -2.93. The van der Waals surface area contributed by atoms with Gasteiger partial charge in [0.15, 0.2) is 5.76 Å². The molecular formula is C23H28N4O3. The lowest BCUT2D eigenvalue weighted by molar-refractivity contribution is 0.240. The maximum absolute atomic E-state index is 5.65. The third kappa shape index (κ3) is 3.77. The molecule has 158 valence electrons. The summed E-state index contributed by atoms with van der Waals surface area (Å²) in [5.41, 5.74) is 4.99. The highest BCUT2D eigenvalue weighted by molar-refractivity contribution is 5.64. The van der Waals surface area contributed by atoms with Gasteiger partial charge in [-0.25, -0.2) is 9.97 Å². The Morgan fingerprint density at radius 1 is 1.17 bits per heavy atom. The van der Waals surface area contributed by atoms with E-state index in [4.69, 9.17) is 19.0 Å². The Balaban J connectivity index is 1.69. The topological polar surface area (TPSA) is 73.5 Å². The number of methoxy groups -OCH3 is 2. The van der Waals surface area contributed by atoms with Crippen LogP contribution in [0.2, 0.25) is 0 Å². The van der Waals surface area contributed by atoms with Crippen molar-refractivity contribution in [2.45, 2.75) is 46.2 Å². The van der Waals surface area contributed by atoms with Crippen molar-refractivity contribution in [3.63, 3.8) is 0 Å². The van der Waals surface area contributed by atoms with Gasteiger partial charge in [0.25, 0.3) is 0 Å². The van der Waals surface area contributed by atoms with Crippen molar-refractivity contribution in [3.8, 4) is 22.8 Å². The van der Waals surface area contributed by atoms with Crippen LogP contribution in [0.25, 0.3) is 11.3 Å². The van der Waals surface area contributed by atoms with E-state index in [1.807, 2.05) is 39.1 Å². The van der Waals surface area contributed by atoms with Crippen molar-refractivity contribution in [2.75, 3.05) is 20.8 Å². The van der Waals surface area contributed by atoms with Gasteiger partial charge in [0.05, 0.1) is 37.2 Å². The average Bonchev–Trinajstić information content (AvgIpc) is 3.35. The van der Waals surface area contributed by atoms with Gasteiger partial charge in [0, 0.05) is 29.9 Å². The van der Waals surface area contributed by atoms with Crippen LogP contribution in [-0.2, 0) is 6.54 Å². The Morgan fingerprint density at radius 2 is 2.00 bits per heavy atom. The van der Waals surface area contributed by atoms with Crippen LogP contribution >= 0.6 is 0 Å². The molecule has 1 aromatic carbocycles. The average molecular weight is 409 g/mol. The summed E-state index contributed by atoms with van der Waals surface area (Å²) in [4.78, 5) is 11.7. The standard InChI is InChI=1S/C23H28N4O3/c1-14-15(2)26-30-23(14)19-12-24-16(3)25-22(19)20-7-6-10-27(20)13-17-8-9-18(28-4)11-21(17)29-5/h8-9,11-12,20H,6-7,10,13H2,1-5H3/t20-/m1/s1. The molecule has 1 saturated heterocycles. The Morgan fingerprint density at radius 3 is 2.70 bits per heavy atom. The van der Waals surface area contributed by atoms with Gasteiger partial charge in [-0.05, 0) is 46.2 Å². The van der Waals surface area contributed by atoms with Gasteiger partial charge in [-0.2, -0.15) is 0 Å². The number of rotatable bonds is 6. The molecule has 1 atom stereocenters. The molecule has 0 amide bonds. The second-order valence-electron chi connectivity index (χ2n) is 7.74. The highest BCUT2D eigenvalue weighted by Crippen LogP contribution is 2.39. The summed E-state index contributed by atoms with van der Waals surface area (Å²) in [5, 5.41) is 4.14. The molecule has 1 aliphatic heterocycles. The molecule has 0 radical (unpaired) electrons. The van der Waals surface area contributed by atoms with E-state index in [0.717, 1.165) is 77.1 Å². The predicted octanol–water partition coefficient (Wildman–Crippen LogP) is 4.41. The lowest BCUT2D eigenvalue weighted by atomic mass is 10.0. The summed E-state index contributed by atoms with van der Waals surface area (Å²) in [6, 6.07) is 6.16. The normalized spacial score (nSPS) is 16.8. The predicted molar refractivity (Wildman–Crippen MR) is 114 cm³/mol. The van der Waals surface area contributed by atoms with Gasteiger partial charge >= 0.3 is 0 Å². The van der Waals surface area contributed by atoms with Crippen LogP contribution in [0.5, 0.6) is 11.5 Å². The number of aromatic nitrogens is 3. The van der Waals surface area contributed by atoms with E-state index in [9.17, 15) is 0 Å². The lowest BCUT2D eigenvalue weighted by Gasteiger charge is -2.26. The van der Waals surface area contributed by atoms with Crippen LogP contribution in [0.3, 0.4) is 0 Å². The second kappa shape index (κ2) is 8.44. The molecule has 0 bridgehead atoms. The van der Waals surface area contributed by atoms with Crippen LogP contribution < -0.4 is 9.47 Å². The molecule has 1 fully saturated rings. The number of hydrogen-bond acceptors (Lipinski definition) is 7. The minimum absolute atomic E-state index is 0.179. The number of hydrogen-bond donors (Lipinski definition) is 0. The highest BCUT2D eigenvalue weighted by atomic mass is 16.5. The molecule has 0 unspecified atom stereocenters. The molecule has 1 aliphatic rings. The first-order chi connectivity index (χ1) is 14.5. The van der Waals surface area contributed by atoms with E-state index in [0.29, 0.717) is 0 Å². The van der Waals surface area contributed by atoms with Crippen LogP contribution in [0.4, 0.5) is 0 Å². The molecule has 4 rings (SSSR count). The third-order valence-electron chi connectivity index (χ3n) is 5.89. The van der Waals surface area contributed by atoms with Crippen molar-refractivity contribution < 1.29 is 14.0 Å². The number of likely N-dealkylation sites (tertiary alicyclic amines) is 1. The van der Waals surface area contributed by atoms with Crippen molar-refractivity contribution in [2.24, 2.45) is 0 Å². The van der Waals surface area contributed by atoms with Crippen LogP contribution in [0.15, 0.2) is 28.9 Å². The Labute approximate surface area is 177 Å². The summed E-state index contributed by atoms with van der Waals surface area (Å²) < 4.78 is 16.6. The largest absolute Gasteiger partial charge is 0.497 e. The Bertz CT molecular complexity index is 1050. The van der Waals surface area contributed by atoms with Gasteiger partial charge in [-0.15, -0.1) is 0 Å². The molecule has 0 saturated carbocycles. The zero-order valence-electron chi connectivity index (χ0n) is 18.2. The highest BCUT2D eigenvalue weighted by Gasteiger charge is 2.31. The number of nitrogens with zero attached hydrogens (tertiary/aromatic N) is 4. The summed E-state index contributed by atoms with van der Waals surface area (Å²) in [5.74, 6) is 3.15. The fraction of sp³-hybridized carbons (Fsp3) is 0.435. The van der Waals surface area contributed by atoms with Gasteiger partial charge < -0.3 is 14.0 Å². The first-order valence-corrected chi connectivity index (χ1v) is 10.2. The monoisotopic (exact) mass is 408 g/mol. The van der Waals surface area contributed by atoms with E-state index in [2.05, 4.69) is 21.1 Å². The molecule has 3 aromatic rings. The van der Waals surface area contributed by atoms with Gasteiger partial charge in [-0.3, -0.25) is 4.90 Å². The smallest absolute Gasteiger partial charge is 0.173 e. The summed E-state index contributed by atoms with van der Waals surface area (Å²) in [6.45, 7) is 7.68. The molecule has 7 nitrogen and oxygen atoms in total. The zero-order chi connectivity index (χ0) is 21.3. The van der Waals surface area contributed by atoms with Crippen molar-refractivity contribution in [1.29, 1.82) is 0 Å². The van der Waals surface area contributed by atoms with E-state index >= 15 is 0 Å². The molecule has 0 aliphatic carbocycles. The number of ether oxygens (including phenoxy) is 2. The molecule has 2 aromatic heterocycles. The second-order valence-corrected chi connectivity index (χ2v) is 7.74. The molecule has 0 spiro atoms. The zero-order valence-corrected chi connectivity index (χ0v) is 18.2. The van der Waals surface area contributed by atoms with E-state index in [1.165, 1.54) is 0 Å². The quantitative estimate of drug-likeness (QED) is 0.598. The number of benzene rings is 1. The van der Waals surface area contributed by atoms with Gasteiger partial charge in [0.2, 0.25) is 0 Å². The SMILES string of the molecule is COc1ccc(CN2CCC[C@@H]2c2nc(C)ncc2-c2onc(C)c2C)c(OC)c1. The van der Waals surface area contributed by atoms with Crippen LogP contribution in [0.1, 0.15) is 47.2 Å². The van der Waals surface area contributed by atoms with Crippen LogP contribution in [-0.4, -0.2) is 40.8 Å². The molecular weight excluding hydrogens is 380 g/mol. The maximum Gasteiger partial charge on any atom is 0.173 e. The van der Waals surface area contributed by atoms with Crippen molar-refractivity contribution >= 4 is 0 Å². The molecule has 3 heterocycles. The fourth-order valence-corrected chi connectivity index (χ4v) is 4.11. The third-order valence-corrected chi connectivity index (χ3v) is 5.89. The molecule has 0 N–H and O–H groups in total. The van der Waals surface area contributed by atoms with Crippen molar-refractivity contribution in [3.05, 3.63) is 52.7 Å². The molecule has 7 heteroatoms. The summed E-state index contributed by atoms with van der Waals surface area (Å²) in [6.07, 6.45) is 4.02. The lowest BCUT2D eigenvalue weighted by Crippen LogP contribution is -2.24. The first kappa shape index (κ1) is 20.3. The van der Waals surface area contributed by atoms with Gasteiger partial charge in [0.1, 0.15) is 17.3 Å². The molecule has 30 heavy (non-hydrogen) atoms. The summed E-state index contributed by atoms with van der Waals surface area (Å²) in [7, 11) is 3.36. The van der Waals surface area contributed by atoms with E-state index < -0.39 is 0 Å². The first-order valence-electron chi connectivity index (χ1n) is 10.2. The van der Waals surface area contributed by atoms with E-state index in [1.54, 1.807) is 14.2 Å². The number of aryl methyl sites for hydroxylation is 2. The summed E-state index contributed by atoms with van der Waals surface area (Å²) >= 11 is 0. The minimum Gasteiger partial charge on any atom is -0.497 e. The Kier molecular flexibility index (Phi) is 5.72.